The zero-order valence-corrected chi connectivity index (χ0v) is 9.88. The maximum Gasteiger partial charge on any atom is 0.337 e. The van der Waals surface area contributed by atoms with E-state index in [0.29, 0.717) is 5.75 Å². The van der Waals surface area contributed by atoms with Crippen molar-refractivity contribution in [1.29, 1.82) is 0 Å². The van der Waals surface area contributed by atoms with Gasteiger partial charge in [0.2, 0.25) is 5.82 Å². The minimum absolute atomic E-state index is 0.0147. The fourth-order valence-electron chi connectivity index (χ4n) is 1.44. The van der Waals surface area contributed by atoms with Crippen LogP contribution in [-0.2, 0) is 0 Å². The highest BCUT2D eigenvalue weighted by Gasteiger charge is 2.16. The Labute approximate surface area is 107 Å². The van der Waals surface area contributed by atoms with Crippen molar-refractivity contribution in [3.05, 3.63) is 35.9 Å². The minimum Gasteiger partial charge on any atom is -0.497 e. The average Bonchev–Trinajstić information content (AvgIpc) is 2.92. The number of anilines is 1. The number of H-pyrrole nitrogens is 1. The minimum atomic E-state index is -1.16. The number of rotatable bonds is 4. The van der Waals surface area contributed by atoms with Gasteiger partial charge in [-0.1, -0.05) is 0 Å². The maximum atomic E-state index is 11.8. The topological polar surface area (TPSA) is 117 Å². The zero-order valence-electron chi connectivity index (χ0n) is 9.88. The molecule has 3 N–H and O–H groups in total. The lowest BCUT2D eigenvalue weighted by Crippen LogP contribution is -2.16. The third-order valence-corrected chi connectivity index (χ3v) is 2.34. The van der Waals surface area contributed by atoms with Gasteiger partial charge in [0.05, 0.1) is 18.4 Å². The van der Waals surface area contributed by atoms with Crippen LogP contribution in [0, 0.1) is 0 Å². The predicted molar refractivity (Wildman–Crippen MR) is 64.3 cm³/mol. The Balaban J connectivity index is 2.32. The highest BCUT2D eigenvalue weighted by atomic mass is 16.5. The van der Waals surface area contributed by atoms with Crippen LogP contribution in [-0.4, -0.2) is 39.3 Å². The van der Waals surface area contributed by atoms with Gasteiger partial charge in [-0.3, -0.25) is 9.89 Å². The molecule has 19 heavy (non-hydrogen) atoms. The number of nitrogens with zero attached hydrogens (tertiary/aromatic N) is 2. The summed E-state index contributed by atoms with van der Waals surface area (Å²) in [5.41, 5.74) is 0.0712. The number of carbonyl (C=O) groups excluding carboxylic acids is 1. The van der Waals surface area contributed by atoms with Gasteiger partial charge in [-0.15, -0.1) is 0 Å². The fourth-order valence-corrected chi connectivity index (χ4v) is 1.44. The lowest BCUT2D eigenvalue weighted by molar-refractivity contribution is 0.0698. The summed E-state index contributed by atoms with van der Waals surface area (Å²) in [6.07, 6.45) is 1.18. The van der Waals surface area contributed by atoms with Crippen molar-refractivity contribution in [3.63, 3.8) is 0 Å². The molecule has 1 amide bonds. The quantitative estimate of drug-likeness (QED) is 0.748. The van der Waals surface area contributed by atoms with Crippen molar-refractivity contribution >= 4 is 17.6 Å². The lowest BCUT2D eigenvalue weighted by Gasteiger charge is -2.09. The highest BCUT2D eigenvalue weighted by molar-refractivity contribution is 6.06. The number of aromatic carboxylic acids is 1. The Morgan fingerprint density at radius 1 is 1.42 bits per heavy atom. The fraction of sp³-hybridized carbons (Fsp3) is 0.0909. The first-order valence-corrected chi connectivity index (χ1v) is 5.20. The summed E-state index contributed by atoms with van der Waals surface area (Å²) < 4.78 is 4.98. The summed E-state index contributed by atoms with van der Waals surface area (Å²) in [5.74, 6) is -1.33. The number of aromatic nitrogens is 3. The van der Waals surface area contributed by atoms with E-state index in [1.807, 2.05) is 0 Å². The number of aromatic amines is 1. The molecule has 0 saturated heterocycles. The Bertz CT molecular complexity index is 609. The molecule has 0 bridgehead atoms. The summed E-state index contributed by atoms with van der Waals surface area (Å²) in [6, 6.07) is 4.25. The Kier molecular flexibility index (Phi) is 3.42. The van der Waals surface area contributed by atoms with Crippen LogP contribution in [0.1, 0.15) is 21.0 Å². The first kappa shape index (κ1) is 12.6. The van der Waals surface area contributed by atoms with Crippen LogP contribution in [0.3, 0.4) is 0 Å². The van der Waals surface area contributed by atoms with Gasteiger partial charge >= 0.3 is 5.97 Å². The number of carbonyl (C=O) groups is 2. The van der Waals surface area contributed by atoms with Crippen LogP contribution < -0.4 is 10.1 Å². The van der Waals surface area contributed by atoms with Crippen molar-refractivity contribution in [2.75, 3.05) is 12.4 Å². The molecule has 2 rings (SSSR count). The average molecular weight is 262 g/mol. The SMILES string of the molecule is COc1ccc(C(=O)O)c(NC(=O)c2ncn[nH]2)c1. The third-order valence-electron chi connectivity index (χ3n) is 2.34. The summed E-state index contributed by atoms with van der Waals surface area (Å²) in [5, 5.41) is 17.4. The number of hydrogen-bond acceptors (Lipinski definition) is 5. The molecule has 1 aromatic heterocycles. The highest BCUT2D eigenvalue weighted by Crippen LogP contribution is 2.22. The first-order valence-electron chi connectivity index (χ1n) is 5.20. The molecule has 0 aliphatic heterocycles. The maximum absolute atomic E-state index is 11.8. The molecule has 1 aromatic carbocycles. The smallest absolute Gasteiger partial charge is 0.337 e. The molecule has 1 heterocycles. The summed E-state index contributed by atoms with van der Waals surface area (Å²) in [6.45, 7) is 0. The van der Waals surface area contributed by atoms with Gasteiger partial charge in [0.15, 0.2) is 0 Å². The molecule has 0 aliphatic carbocycles. The van der Waals surface area contributed by atoms with Gasteiger partial charge in [0.1, 0.15) is 12.1 Å². The van der Waals surface area contributed by atoms with E-state index in [1.165, 1.54) is 31.6 Å². The molecular weight excluding hydrogens is 252 g/mol. The number of nitrogens with one attached hydrogen (secondary N) is 2. The van der Waals surface area contributed by atoms with Crippen LogP contribution in [0.2, 0.25) is 0 Å². The van der Waals surface area contributed by atoms with Crippen molar-refractivity contribution in [2.45, 2.75) is 0 Å². The summed E-state index contributed by atoms with van der Waals surface area (Å²) >= 11 is 0. The molecule has 0 aliphatic rings. The molecule has 98 valence electrons. The normalized spacial score (nSPS) is 9.95. The van der Waals surface area contributed by atoms with E-state index in [0.717, 1.165) is 0 Å². The Morgan fingerprint density at radius 3 is 2.79 bits per heavy atom. The number of carboxylic acids is 1. The Morgan fingerprint density at radius 2 is 2.21 bits per heavy atom. The monoisotopic (exact) mass is 262 g/mol. The van der Waals surface area contributed by atoms with Gasteiger partial charge in [-0.25, -0.2) is 9.78 Å². The second-order valence-electron chi connectivity index (χ2n) is 3.50. The van der Waals surface area contributed by atoms with Crippen LogP contribution in [0.5, 0.6) is 5.75 Å². The molecule has 2 aromatic rings. The number of carboxylic acid groups (broad SMARTS) is 1. The van der Waals surface area contributed by atoms with Gasteiger partial charge in [-0.2, -0.15) is 5.10 Å². The van der Waals surface area contributed by atoms with Gasteiger partial charge < -0.3 is 15.2 Å². The largest absolute Gasteiger partial charge is 0.497 e. The second kappa shape index (κ2) is 5.17. The van der Waals surface area contributed by atoms with Crippen LogP contribution >= 0.6 is 0 Å². The predicted octanol–water partition coefficient (Wildman–Crippen LogP) is 0.764. The molecule has 0 atom stereocenters. The third kappa shape index (κ3) is 2.68. The van der Waals surface area contributed by atoms with Gasteiger partial charge in [-0.05, 0) is 12.1 Å². The molecular formula is C11H10N4O4. The van der Waals surface area contributed by atoms with E-state index < -0.39 is 11.9 Å². The molecule has 0 radical (unpaired) electrons. The number of hydrogen-bond donors (Lipinski definition) is 3. The van der Waals surface area contributed by atoms with Crippen molar-refractivity contribution in [1.82, 2.24) is 15.2 Å². The standard InChI is InChI=1S/C11H10N4O4/c1-19-6-2-3-7(11(17)18)8(4-6)14-10(16)9-12-5-13-15-9/h2-5H,1H3,(H,14,16)(H,17,18)(H,12,13,15). The van der Waals surface area contributed by atoms with E-state index in [1.54, 1.807) is 0 Å². The summed E-state index contributed by atoms with van der Waals surface area (Å²) in [4.78, 5) is 26.5. The van der Waals surface area contributed by atoms with E-state index in [-0.39, 0.29) is 17.1 Å². The lowest BCUT2D eigenvalue weighted by atomic mass is 10.1. The molecule has 0 saturated carbocycles. The van der Waals surface area contributed by atoms with Crippen molar-refractivity contribution in [2.24, 2.45) is 0 Å². The number of amides is 1. The van der Waals surface area contributed by atoms with Crippen LogP contribution in [0.4, 0.5) is 5.69 Å². The number of benzene rings is 1. The van der Waals surface area contributed by atoms with Crippen LogP contribution in [0.25, 0.3) is 0 Å². The molecule has 0 fully saturated rings. The van der Waals surface area contributed by atoms with Gasteiger partial charge in [0.25, 0.3) is 5.91 Å². The van der Waals surface area contributed by atoms with Crippen LogP contribution in [0.15, 0.2) is 24.5 Å². The van der Waals surface area contributed by atoms with Crippen molar-refractivity contribution < 1.29 is 19.4 Å². The molecule has 8 nitrogen and oxygen atoms in total. The van der Waals surface area contributed by atoms with Crippen molar-refractivity contribution in [3.8, 4) is 5.75 Å². The number of methoxy groups -OCH3 is 1. The number of ether oxygens (including phenoxy) is 1. The van der Waals surface area contributed by atoms with E-state index in [9.17, 15) is 9.59 Å². The molecule has 0 unspecified atom stereocenters. The second-order valence-corrected chi connectivity index (χ2v) is 3.50. The van der Waals surface area contributed by atoms with Gasteiger partial charge in [0, 0.05) is 6.07 Å². The van der Waals surface area contributed by atoms with E-state index in [2.05, 4.69) is 20.5 Å². The zero-order chi connectivity index (χ0) is 13.8. The first-order chi connectivity index (χ1) is 9.11. The van der Waals surface area contributed by atoms with E-state index in [4.69, 9.17) is 9.84 Å². The molecule has 8 heteroatoms. The van der Waals surface area contributed by atoms with E-state index >= 15 is 0 Å². The molecule has 0 spiro atoms. The Hall–Kier alpha value is -2.90. The summed E-state index contributed by atoms with van der Waals surface area (Å²) in [7, 11) is 1.44.